The summed E-state index contributed by atoms with van der Waals surface area (Å²) in [6.45, 7) is 0.977. The van der Waals surface area contributed by atoms with Crippen LogP contribution in [0.3, 0.4) is 0 Å². The number of benzene rings is 2. The van der Waals surface area contributed by atoms with Crippen LogP contribution in [0.5, 0.6) is 11.5 Å². The fourth-order valence-electron chi connectivity index (χ4n) is 3.66. The van der Waals surface area contributed by atoms with Gasteiger partial charge in [0, 0.05) is 13.1 Å². The normalized spacial score (nSPS) is 20.9. The third-order valence-electron chi connectivity index (χ3n) is 5.46. The number of carbonyl (C=O) groups excluding carboxylic acids is 1. The van der Waals surface area contributed by atoms with Gasteiger partial charge in [-0.15, -0.1) is 0 Å². The molecule has 1 atom stereocenters. The SMILES string of the molecule is O=C(Nc1cc(S(=O)(=O)N2CCOCC2)ccc1Oc1ccc(F)cc1)[C@H]1CCS(=O)(=O)C1. The van der Waals surface area contributed by atoms with E-state index in [4.69, 9.17) is 9.47 Å². The van der Waals surface area contributed by atoms with Crippen molar-refractivity contribution in [3.05, 3.63) is 48.3 Å². The van der Waals surface area contributed by atoms with E-state index < -0.39 is 37.5 Å². The molecule has 0 aromatic heterocycles. The highest BCUT2D eigenvalue weighted by molar-refractivity contribution is 7.91. The number of hydrogen-bond acceptors (Lipinski definition) is 7. The number of ether oxygens (including phenoxy) is 2. The van der Waals surface area contributed by atoms with Gasteiger partial charge in [0.1, 0.15) is 11.6 Å². The van der Waals surface area contributed by atoms with E-state index >= 15 is 0 Å². The van der Waals surface area contributed by atoms with Crippen molar-refractivity contribution < 1.29 is 35.5 Å². The summed E-state index contributed by atoms with van der Waals surface area (Å²) in [4.78, 5) is 12.7. The smallest absolute Gasteiger partial charge is 0.243 e. The Hall–Kier alpha value is -2.54. The summed E-state index contributed by atoms with van der Waals surface area (Å²) in [5.41, 5.74) is 0.0722. The first-order valence-electron chi connectivity index (χ1n) is 10.3. The summed E-state index contributed by atoms with van der Waals surface area (Å²) >= 11 is 0. The number of anilines is 1. The predicted octanol–water partition coefficient (Wildman–Crippen LogP) is 2.01. The molecule has 0 spiro atoms. The molecule has 2 aliphatic rings. The second-order valence-corrected chi connectivity index (χ2v) is 12.0. The standard InChI is InChI=1S/C21H23FN2O7S2/c22-16-1-3-17(4-2-16)31-20-6-5-18(33(28,29)24-8-10-30-11-9-24)13-19(20)23-21(25)15-7-12-32(26,27)14-15/h1-6,13,15H,7-12,14H2,(H,23,25)/t15-/m0/s1. The molecule has 0 aliphatic carbocycles. The second kappa shape index (κ2) is 9.37. The van der Waals surface area contributed by atoms with E-state index in [1.807, 2.05) is 0 Å². The molecule has 2 heterocycles. The predicted molar refractivity (Wildman–Crippen MR) is 118 cm³/mol. The van der Waals surface area contributed by atoms with Gasteiger partial charge in [0.15, 0.2) is 15.6 Å². The summed E-state index contributed by atoms with van der Waals surface area (Å²) in [5, 5.41) is 2.63. The van der Waals surface area contributed by atoms with Crippen molar-refractivity contribution >= 4 is 31.5 Å². The molecule has 33 heavy (non-hydrogen) atoms. The van der Waals surface area contributed by atoms with Crippen LogP contribution in [0.1, 0.15) is 6.42 Å². The number of carbonyl (C=O) groups is 1. The van der Waals surface area contributed by atoms with E-state index in [0.29, 0.717) is 0 Å². The zero-order valence-corrected chi connectivity index (χ0v) is 19.2. The zero-order chi connectivity index (χ0) is 23.6. The lowest BCUT2D eigenvalue weighted by Crippen LogP contribution is -2.40. The van der Waals surface area contributed by atoms with Crippen molar-refractivity contribution in [2.45, 2.75) is 11.3 Å². The van der Waals surface area contributed by atoms with E-state index in [0.717, 1.165) is 0 Å². The fourth-order valence-corrected chi connectivity index (χ4v) is 6.83. The zero-order valence-electron chi connectivity index (χ0n) is 17.6. The molecule has 2 aromatic carbocycles. The molecule has 2 saturated heterocycles. The van der Waals surface area contributed by atoms with Crippen LogP contribution in [0.4, 0.5) is 10.1 Å². The van der Waals surface area contributed by atoms with Gasteiger partial charge in [-0.2, -0.15) is 4.31 Å². The highest BCUT2D eigenvalue weighted by Crippen LogP contribution is 2.34. The summed E-state index contributed by atoms with van der Waals surface area (Å²) in [6, 6.07) is 9.23. The maximum Gasteiger partial charge on any atom is 0.243 e. The van der Waals surface area contributed by atoms with Crippen LogP contribution >= 0.6 is 0 Å². The van der Waals surface area contributed by atoms with E-state index in [2.05, 4.69) is 5.32 Å². The Kier molecular flexibility index (Phi) is 6.71. The van der Waals surface area contributed by atoms with Crippen LogP contribution < -0.4 is 10.1 Å². The van der Waals surface area contributed by atoms with Crippen molar-refractivity contribution in [1.29, 1.82) is 0 Å². The van der Waals surface area contributed by atoms with Crippen molar-refractivity contribution in [1.82, 2.24) is 4.31 Å². The summed E-state index contributed by atoms with van der Waals surface area (Å²) in [7, 11) is -7.14. The fraction of sp³-hybridized carbons (Fsp3) is 0.381. The van der Waals surface area contributed by atoms with Crippen LogP contribution in [0.2, 0.25) is 0 Å². The Balaban J connectivity index is 1.65. The van der Waals surface area contributed by atoms with Crippen LogP contribution in [0.15, 0.2) is 47.4 Å². The minimum absolute atomic E-state index is 0.0507. The molecule has 9 nitrogen and oxygen atoms in total. The molecular weight excluding hydrogens is 475 g/mol. The average molecular weight is 499 g/mol. The Labute approximate surface area is 191 Å². The molecule has 2 aromatic rings. The monoisotopic (exact) mass is 498 g/mol. The van der Waals surface area contributed by atoms with Gasteiger partial charge >= 0.3 is 0 Å². The van der Waals surface area contributed by atoms with Crippen LogP contribution in [-0.4, -0.2) is 64.9 Å². The Morgan fingerprint density at radius 3 is 2.45 bits per heavy atom. The third kappa shape index (κ3) is 5.52. The Bertz CT molecular complexity index is 1240. The molecule has 0 unspecified atom stereocenters. The first kappa shape index (κ1) is 23.6. The van der Waals surface area contributed by atoms with Gasteiger partial charge in [-0.3, -0.25) is 4.79 Å². The molecule has 1 amide bonds. The molecule has 2 fully saturated rings. The maximum atomic E-state index is 13.2. The molecular formula is C21H23FN2O7S2. The lowest BCUT2D eigenvalue weighted by molar-refractivity contribution is -0.119. The Morgan fingerprint density at radius 1 is 1.12 bits per heavy atom. The van der Waals surface area contributed by atoms with Crippen molar-refractivity contribution in [2.24, 2.45) is 5.92 Å². The van der Waals surface area contributed by atoms with Gasteiger partial charge in [0.05, 0.1) is 41.2 Å². The van der Waals surface area contributed by atoms with Gasteiger partial charge in [0.2, 0.25) is 15.9 Å². The van der Waals surface area contributed by atoms with Crippen LogP contribution in [0, 0.1) is 11.7 Å². The minimum Gasteiger partial charge on any atom is -0.455 e. The number of halogens is 1. The van der Waals surface area contributed by atoms with Crippen molar-refractivity contribution in [3.63, 3.8) is 0 Å². The van der Waals surface area contributed by atoms with Gasteiger partial charge in [-0.1, -0.05) is 0 Å². The summed E-state index contributed by atoms with van der Waals surface area (Å²) in [6.07, 6.45) is 0.189. The number of hydrogen-bond donors (Lipinski definition) is 1. The molecule has 0 saturated carbocycles. The first-order chi connectivity index (χ1) is 15.6. The summed E-state index contributed by atoms with van der Waals surface area (Å²) < 4.78 is 75.2. The van der Waals surface area contributed by atoms with E-state index in [9.17, 15) is 26.0 Å². The van der Waals surface area contributed by atoms with Gasteiger partial charge in [0.25, 0.3) is 0 Å². The highest BCUT2D eigenvalue weighted by Gasteiger charge is 2.34. The van der Waals surface area contributed by atoms with Crippen LogP contribution in [-0.2, 0) is 29.4 Å². The molecule has 178 valence electrons. The number of amides is 1. The molecule has 12 heteroatoms. The number of nitrogens with one attached hydrogen (secondary N) is 1. The Morgan fingerprint density at radius 2 is 1.82 bits per heavy atom. The number of sulfonamides is 1. The second-order valence-electron chi connectivity index (χ2n) is 7.82. The maximum absolute atomic E-state index is 13.2. The lowest BCUT2D eigenvalue weighted by atomic mass is 10.1. The number of nitrogens with zero attached hydrogens (tertiary/aromatic N) is 1. The largest absolute Gasteiger partial charge is 0.455 e. The van der Waals surface area contributed by atoms with Crippen LogP contribution in [0.25, 0.3) is 0 Å². The van der Waals surface area contributed by atoms with E-state index in [1.54, 1.807) is 0 Å². The molecule has 0 radical (unpaired) electrons. The molecule has 4 rings (SSSR count). The molecule has 0 bridgehead atoms. The summed E-state index contributed by atoms with van der Waals surface area (Å²) in [5.74, 6) is -1.66. The van der Waals surface area contributed by atoms with Gasteiger partial charge < -0.3 is 14.8 Å². The number of morpholine rings is 1. The topological polar surface area (TPSA) is 119 Å². The molecule has 2 aliphatic heterocycles. The van der Waals surface area contributed by atoms with E-state index in [1.165, 1.54) is 46.8 Å². The van der Waals surface area contributed by atoms with Gasteiger partial charge in [-0.25, -0.2) is 21.2 Å². The highest BCUT2D eigenvalue weighted by atomic mass is 32.2. The quantitative estimate of drug-likeness (QED) is 0.647. The number of sulfone groups is 1. The van der Waals surface area contributed by atoms with Gasteiger partial charge in [-0.05, 0) is 48.9 Å². The lowest BCUT2D eigenvalue weighted by Gasteiger charge is -2.26. The number of rotatable bonds is 6. The van der Waals surface area contributed by atoms with Crippen molar-refractivity contribution in [3.8, 4) is 11.5 Å². The first-order valence-corrected chi connectivity index (χ1v) is 13.6. The average Bonchev–Trinajstić information content (AvgIpc) is 3.17. The third-order valence-corrected chi connectivity index (χ3v) is 9.12. The molecule has 1 N–H and O–H groups in total. The minimum atomic E-state index is -3.85. The van der Waals surface area contributed by atoms with E-state index in [-0.39, 0.29) is 66.3 Å². The van der Waals surface area contributed by atoms with Crippen molar-refractivity contribution in [2.75, 3.05) is 43.1 Å².